The lowest BCUT2D eigenvalue weighted by Gasteiger charge is -2.34. The first-order valence-electron chi connectivity index (χ1n) is 12.0. The van der Waals surface area contributed by atoms with Crippen molar-refractivity contribution < 1.29 is 22.9 Å². The number of halogens is 4. The van der Waals surface area contributed by atoms with Crippen molar-refractivity contribution in [3.63, 3.8) is 0 Å². The fraction of sp³-hybridized carbons (Fsp3) is 0.440. The highest BCUT2D eigenvalue weighted by molar-refractivity contribution is 7.85. The van der Waals surface area contributed by atoms with Crippen LogP contribution in [-0.4, -0.2) is 67.5 Å². The largest absolute Gasteiger partial charge is 0.416 e. The van der Waals surface area contributed by atoms with Crippen LogP contribution in [0.15, 0.2) is 44.8 Å². The monoisotopic (exact) mass is 574 g/mol. The summed E-state index contributed by atoms with van der Waals surface area (Å²) in [5.74, 6) is 0.308. The molecule has 1 aliphatic heterocycles. The minimum absolute atomic E-state index is 0. The van der Waals surface area contributed by atoms with Gasteiger partial charge in [-0.25, -0.2) is 4.79 Å². The first kappa shape index (κ1) is 30.0. The van der Waals surface area contributed by atoms with Crippen molar-refractivity contribution in [1.29, 1.82) is 0 Å². The van der Waals surface area contributed by atoms with Crippen LogP contribution in [0.2, 0.25) is 5.02 Å². The SMILES string of the molecule is CCN1CCN(Cc2cc3[nH]c(=O)n(Cc4cc(Cl)ccc4S(=O)CC)c(=O)c3cc2C(F)(F)F)CC1.O. The molecular formula is C25H30ClF3N4O4S. The second-order valence-electron chi connectivity index (χ2n) is 8.97. The van der Waals surface area contributed by atoms with E-state index in [0.717, 1.165) is 30.3 Å². The van der Waals surface area contributed by atoms with E-state index >= 15 is 0 Å². The summed E-state index contributed by atoms with van der Waals surface area (Å²) < 4.78 is 55.5. The molecule has 2 aromatic carbocycles. The Kier molecular flexibility index (Phi) is 9.58. The van der Waals surface area contributed by atoms with Crippen LogP contribution < -0.4 is 11.2 Å². The van der Waals surface area contributed by atoms with Gasteiger partial charge in [0.05, 0.1) is 33.8 Å². The van der Waals surface area contributed by atoms with Gasteiger partial charge in [0.15, 0.2) is 0 Å². The van der Waals surface area contributed by atoms with Crippen LogP contribution in [0.3, 0.4) is 0 Å². The molecule has 0 bridgehead atoms. The lowest BCUT2D eigenvalue weighted by atomic mass is 10.0. The fourth-order valence-electron chi connectivity index (χ4n) is 4.61. The summed E-state index contributed by atoms with van der Waals surface area (Å²) in [4.78, 5) is 33.3. The standard InChI is InChI=1S/C25H28ClF3N4O3S.H2O/c1-3-31-7-9-32(10-8-31)14-16-12-21-19(13-20(16)25(27,28)29)23(34)33(24(35)30-21)15-17-11-18(26)5-6-22(17)37(36)4-2;/h5-6,11-13H,3-4,7-10,14-15H2,1-2H3,(H,30,35);1H2. The summed E-state index contributed by atoms with van der Waals surface area (Å²) in [5.41, 5.74) is -2.09. The minimum Gasteiger partial charge on any atom is -0.412 e. The molecular weight excluding hydrogens is 545 g/mol. The number of piperazine rings is 1. The van der Waals surface area contributed by atoms with Gasteiger partial charge < -0.3 is 15.4 Å². The molecule has 1 atom stereocenters. The molecule has 3 aromatic rings. The molecule has 0 aliphatic carbocycles. The lowest BCUT2D eigenvalue weighted by molar-refractivity contribution is -0.138. The van der Waals surface area contributed by atoms with Crippen molar-refractivity contribution in [3.8, 4) is 0 Å². The Morgan fingerprint density at radius 3 is 2.24 bits per heavy atom. The number of aromatic nitrogens is 2. The van der Waals surface area contributed by atoms with Crippen molar-refractivity contribution in [2.24, 2.45) is 0 Å². The topological polar surface area (TPSA) is 110 Å². The average molecular weight is 575 g/mol. The number of fused-ring (bicyclic) bond motifs is 1. The maximum absolute atomic E-state index is 14.1. The van der Waals surface area contributed by atoms with Gasteiger partial charge in [-0.05, 0) is 48.0 Å². The molecule has 1 fully saturated rings. The molecule has 1 saturated heterocycles. The molecule has 1 aromatic heterocycles. The number of aromatic amines is 1. The summed E-state index contributed by atoms with van der Waals surface area (Å²) >= 11 is 6.09. The normalized spacial score (nSPS) is 15.9. The number of nitrogens with one attached hydrogen (secondary N) is 1. The molecule has 13 heteroatoms. The maximum atomic E-state index is 14.1. The molecule has 38 heavy (non-hydrogen) atoms. The van der Waals surface area contributed by atoms with Gasteiger partial charge in [0.25, 0.3) is 5.56 Å². The van der Waals surface area contributed by atoms with E-state index in [1.807, 2.05) is 11.8 Å². The number of alkyl halides is 3. The van der Waals surface area contributed by atoms with Crippen LogP contribution in [0.5, 0.6) is 0 Å². The number of hydrogen-bond donors (Lipinski definition) is 1. The van der Waals surface area contributed by atoms with Gasteiger partial charge in [-0.1, -0.05) is 25.4 Å². The summed E-state index contributed by atoms with van der Waals surface area (Å²) in [7, 11) is -1.39. The average Bonchev–Trinajstić information content (AvgIpc) is 2.85. The molecule has 0 spiro atoms. The van der Waals surface area contributed by atoms with Crippen molar-refractivity contribution in [3.05, 3.63) is 72.9 Å². The zero-order valence-electron chi connectivity index (χ0n) is 21.0. The van der Waals surface area contributed by atoms with Gasteiger partial charge in [-0.2, -0.15) is 13.2 Å². The number of likely N-dealkylation sites (N-methyl/N-ethyl adjacent to an activating group) is 1. The molecule has 2 heterocycles. The Morgan fingerprint density at radius 2 is 1.63 bits per heavy atom. The van der Waals surface area contributed by atoms with E-state index in [4.69, 9.17) is 11.6 Å². The molecule has 4 rings (SSSR count). The third-order valence-corrected chi connectivity index (χ3v) is 8.32. The van der Waals surface area contributed by atoms with Gasteiger partial charge in [0.1, 0.15) is 0 Å². The predicted molar refractivity (Wildman–Crippen MR) is 142 cm³/mol. The quantitative estimate of drug-likeness (QED) is 0.467. The van der Waals surface area contributed by atoms with Gasteiger partial charge in [0, 0.05) is 48.4 Å². The zero-order chi connectivity index (χ0) is 26.9. The molecule has 0 radical (unpaired) electrons. The van der Waals surface area contributed by atoms with Gasteiger partial charge in [-0.3, -0.25) is 18.5 Å². The van der Waals surface area contributed by atoms with E-state index in [0.29, 0.717) is 34.3 Å². The van der Waals surface area contributed by atoms with Crippen molar-refractivity contribution in [1.82, 2.24) is 19.4 Å². The van der Waals surface area contributed by atoms with Crippen molar-refractivity contribution in [2.75, 3.05) is 38.5 Å². The van der Waals surface area contributed by atoms with Crippen LogP contribution in [0, 0.1) is 0 Å². The maximum Gasteiger partial charge on any atom is 0.416 e. The molecule has 0 amide bonds. The van der Waals surface area contributed by atoms with Crippen LogP contribution >= 0.6 is 11.6 Å². The van der Waals surface area contributed by atoms with E-state index in [1.165, 1.54) is 12.1 Å². The van der Waals surface area contributed by atoms with Crippen molar-refractivity contribution in [2.45, 2.75) is 38.0 Å². The number of nitrogens with zero attached hydrogens (tertiary/aromatic N) is 3. The molecule has 1 unspecified atom stereocenters. The summed E-state index contributed by atoms with van der Waals surface area (Å²) in [5, 5.41) is 0.0764. The number of benzene rings is 2. The van der Waals surface area contributed by atoms with Crippen LogP contribution in [-0.2, 0) is 30.1 Å². The Bertz CT molecular complexity index is 1450. The molecule has 0 saturated carbocycles. The van der Waals surface area contributed by atoms with Crippen LogP contribution in [0.1, 0.15) is 30.5 Å². The highest BCUT2D eigenvalue weighted by Gasteiger charge is 2.35. The summed E-state index contributed by atoms with van der Waals surface area (Å²) in [6.45, 7) is 7.21. The Balaban J connectivity index is 0.00000400. The van der Waals surface area contributed by atoms with Gasteiger partial charge in [-0.15, -0.1) is 0 Å². The lowest BCUT2D eigenvalue weighted by Crippen LogP contribution is -2.45. The van der Waals surface area contributed by atoms with E-state index in [-0.39, 0.29) is 35.0 Å². The molecule has 8 nitrogen and oxygen atoms in total. The summed E-state index contributed by atoms with van der Waals surface area (Å²) in [6.07, 6.45) is -4.68. The Labute approximate surface area is 224 Å². The van der Waals surface area contributed by atoms with E-state index in [1.54, 1.807) is 19.1 Å². The first-order valence-corrected chi connectivity index (χ1v) is 13.7. The third kappa shape index (κ3) is 6.37. The minimum atomic E-state index is -4.68. The van der Waals surface area contributed by atoms with E-state index < -0.39 is 33.8 Å². The highest BCUT2D eigenvalue weighted by Crippen LogP contribution is 2.34. The van der Waals surface area contributed by atoms with Gasteiger partial charge >= 0.3 is 11.9 Å². The highest BCUT2D eigenvalue weighted by atomic mass is 35.5. The van der Waals surface area contributed by atoms with E-state index in [2.05, 4.69) is 9.88 Å². The summed E-state index contributed by atoms with van der Waals surface area (Å²) in [6, 6.07) is 6.70. The number of H-pyrrole nitrogens is 1. The second kappa shape index (κ2) is 12.1. The van der Waals surface area contributed by atoms with Gasteiger partial charge in [0.2, 0.25) is 0 Å². The Hall–Kier alpha value is -2.51. The van der Waals surface area contributed by atoms with E-state index in [9.17, 15) is 27.0 Å². The Morgan fingerprint density at radius 1 is 0.974 bits per heavy atom. The van der Waals surface area contributed by atoms with Crippen LogP contribution in [0.4, 0.5) is 13.2 Å². The third-order valence-electron chi connectivity index (χ3n) is 6.68. The first-order chi connectivity index (χ1) is 17.5. The fourth-order valence-corrected chi connectivity index (χ4v) is 5.75. The second-order valence-corrected chi connectivity index (χ2v) is 11.1. The molecule has 208 valence electrons. The molecule has 1 aliphatic rings. The predicted octanol–water partition coefficient (Wildman–Crippen LogP) is 2.85. The van der Waals surface area contributed by atoms with Crippen LogP contribution in [0.25, 0.3) is 10.9 Å². The number of hydrogen-bond acceptors (Lipinski definition) is 5. The van der Waals surface area contributed by atoms with Crippen molar-refractivity contribution >= 4 is 33.3 Å². The smallest absolute Gasteiger partial charge is 0.412 e. The molecule has 3 N–H and O–H groups in total. The number of rotatable bonds is 7. The zero-order valence-corrected chi connectivity index (χ0v) is 22.6.